The van der Waals surface area contributed by atoms with E-state index in [-0.39, 0.29) is 86.8 Å². The van der Waals surface area contributed by atoms with Crippen LogP contribution in [0.4, 0.5) is 0 Å². The lowest BCUT2D eigenvalue weighted by Gasteiger charge is -2.33. The van der Waals surface area contributed by atoms with Crippen molar-refractivity contribution in [3.63, 3.8) is 0 Å². The Morgan fingerprint density at radius 1 is 0.532 bits per heavy atom. The second kappa shape index (κ2) is 27.5. The molecule has 0 aliphatic carbocycles. The largest absolute Gasteiger partial charge is 1.00 e. The highest BCUT2D eigenvalue weighted by Crippen LogP contribution is 2.23. The van der Waals surface area contributed by atoms with Gasteiger partial charge in [-0.3, -0.25) is 0 Å². The van der Waals surface area contributed by atoms with Gasteiger partial charge in [-0.05, 0) is 25.0 Å². The van der Waals surface area contributed by atoms with Crippen molar-refractivity contribution in [1.82, 2.24) is 0 Å². The second-order valence-electron chi connectivity index (χ2n) is 12.8. The van der Waals surface area contributed by atoms with Crippen molar-refractivity contribution in [3.8, 4) is 11.5 Å². The highest BCUT2D eigenvalue weighted by molar-refractivity contribution is 5.13. The maximum absolute atomic E-state index is 10.2. The average Bonchev–Trinajstić information content (AvgIpc) is 3.08. The maximum atomic E-state index is 10.2. The molecule has 0 unspecified atom stereocenters. The van der Waals surface area contributed by atoms with Crippen LogP contribution in [-0.2, 0) is 17.8 Å². The quantitative estimate of drug-likeness (QED) is 0.0607. The summed E-state index contributed by atoms with van der Waals surface area (Å²) in [5, 5.41) is 40.8. The number of aryl methyl sites for hydroxylation is 2. The van der Waals surface area contributed by atoms with Gasteiger partial charge in [0.1, 0.15) is 26.3 Å². The van der Waals surface area contributed by atoms with Crippen molar-refractivity contribution in [2.75, 3.05) is 52.9 Å². The summed E-state index contributed by atoms with van der Waals surface area (Å²) in [5.41, 5.74) is -2.11. The molecule has 2 rings (SSSR count). The molecule has 2 aromatic rings. The predicted octanol–water partition coefficient (Wildman–Crippen LogP) is -1.59. The summed E-state index contributed by atoms with van der Waals surface area (Å²) < 4.78 is 22.2. The second-order valence-corrected chi connectivity index (χ2v) is 12.8. The number of hydrogen-bond acceptors (Lipinski definition) is 7. The number of aliphatic hydroxyl groups excluding tert-OH is 4. The Kier molecular flexibility index (Phi) is 26.7. The fraction of sp³-hybridized carbons (Fsp3) is 0.722. The van der Waals surface area contributed by atoms with Crippen LogP contribution in [0.25, 0.3) is 0 Å². The monoisotopic (exact) mass is 792 g/mol. The van der Waals surface area contributed by atoms with E-state index in [9.17, 15) is 20.4 Å². The number of halogens is 2. The molecular weight excluding hydrogens is 732 g/mol. The molecule has 0 aromatic carbocycles. The summed E-state index contributed by atoms with van der Waals surface area (Å²) in [4.78, 5) is 0. The van der Waals surface area contributed by atoms with Crippen LogP contribution in [0.2, 0.25) is 0 Å². The summed E-state index contributed by atoms with van der Waals surface area (Å²) >= 11 is 0. The van der Waals surface area contributed by atoms with Crippen LogP contribution in [0.3, 0.4) is 0 Å². The van der Waals surface area contributed by atoms with E-state index in [2.05, 4.69) is 23.0 Å². The van der Waals surface area contributed by atoms with Gasteiger partial charge >= 0.3 is 0 Å². The number of nitrogens with zero attached hydrogens (tertiary/aromatic N) is 2. The molecule has 9 nitrogen and oxygen atoms in total. The van der Waals surface area contributed by atoms with Crippen molar-refractivity contribution >= 4 is 0 Å². The third-order valence-electron chi connectivity index (χ3n) is 8.45. The molecule has 0 saturated carbocycles. The van der Waals surface area contributed by atoms with Crippen molar-refractivity contribution in [1.29, 1.82) is 0 Å². The molecule has 0 spiro atoms. The number of aliphatic hydroxyl groups is 4. The average molecular weight is 795 g/mol. The Hall–Kier alpha value is -1.34. The van der Waals surface area contributed by atoms with Gasteiger partial charge in [0.2, 0.25) is 12.4 Å². The topological polar surface area (TPSA) is 116 Å². The lowest BCUT2D eigenvalue weighted by Crippen LogP contribution is -3.00. The van der Waals surface area contributed by atoms with E-state index in [1.54, 1.807) is 0 Å². The van der Waals surface area contributed by atoms with E-state index in [4.69, 9.17) is 14.2 Å². The van der Waals surface area contributed by atoms with E-state index in [1.165, 1.54) is 64.2 Å². The molecule has 4 N–H and O–H groups in total. The van der Waals surface area contributed by atoms with Crippen LogP contribution < -0.4 is 52.6 Å². The van der Waals surface area contributed by atoms with E-state index >= 15 is 0 Å². The summed E-state index contributed by atoms with van der Waals surface area (Å²) in [6.07, 6.45) is 22.7. The third-order valence-corrected chi connectivity index (χ3v) is 8.45. The molecule has 0 amide bonds. The number of aromatic nitrogens is 2. The third kappa shape index (κ3) is 18.3. The maximum Gasteiger partial charge on any atom is 0.211 e. The Morgan fingerprint density at radius 3 is 1.26 bits per heavy atom. The van der Waals surface area contributed by atoms with E-state index < -0.39 is 10.8 Å². The minimum Gasteiger partial charge on any atom is -1.00 e. The van der Waals surface area contributed by atoms with E-state index in [0.29, 0.717) is 11.5 Å². The molecule has 0 bridgehead atoms. The Bertz CT molecular complexity index is 947. The van der Waals surface area contributed by atoms with Gasteiger partial charge in [-0.25, -0.2) is 9.13 Å². The fourth-order valence-corrected chi connectivity index (χ4v) is 5.10. The molecule has 0 fully saturated rings. The first-order chi connectivity index (χ1) is 22.0. The standard InChI is InChI=1S/C36H62N2O7.2BrH/c1-3-5-7-9-11-13-19-37-21-15-17-33(23-37)44-31-35(25-39,26-40)29-43-30-36(27-41,28-42)32-45-34-18-16-22-38(24-34)20-14-12-10-8-6-4-2;;/h15-18,21-24,39-42H,3-14,19-20,25-32H2,1-2H3;2*1H/q+2;;/p-2. The van der Waals surface area contributed by atoms with Crippen LogP contribution in [0.5, 0.6) is 11.5 Å². The first-order valence-corrected chi connectivity index (χ1v) is 17.2. The molecule has 0 aliphatic heterocycles. The number of hydrogen-bond donors (Lipinski definition) is 4. The molecule has 2 heterocycles. The van der Waals surface area contributed by atoms with Gasteiger partial charge in [-0.1, -0.05) is 65.2 Å². The van der Waals surface area contributed by atoms with Crippen molar-refractivity contribution in [2.24, 2.45) is 10.8 Å². The first-order valence-electron chi connectivity index (χ1n) is 17.2. The zero-order valence-corrected chi connectivity index (χ0v) is 32.0. The fourth-order valence-electron chi connectivity index (χ4n) is 5.10. The van der Waals surface area contributed by atoms with Crippen molar-refractivity contribution in [3.05, 3.63) is 49.1 Å². The normalized spacial score (nSPS) is 11.5. The Morgan fingerprint density at radius 2 is 0.894 bits per heavy atom. The van der Waals surface area contributed by atoms with Crippen molar-refractivity contribution in [2.45, 2.75) is 104 Å². The lowest BCUT2D eigenvalue weighted by molar-refractivity contribution is -0.697. The van der Waals surface area contributed by atoms with Gasteiger partial charge in [-0.15, -0.1) is 0 Å². The van der Waals surface area contributed by atoms with Gasteiger partial charge < -0.3 is 68.6 Å². The van der Waals surface area contributed by atoms with Gasteiger partial charge in [0.25, 0.3) is 0 Å². The smallest absolute Gasteiger partial charge is 0.211 e. The number of pyridine rings is 2. The summed E-state index contributed by atoms with van der Waals surface area (Å²) in [6.45, 7) is 4.93. The molecule has 0 radical (unpaired) electrons. The molecule has 2 aromatic heterocycles. The molecule has 0 saturated heterocycles. The van der Waals surface area contributed by atoms with Gasteiger partial charge in [0.15, 0.2) is 23.9 Å². The number of rotatable bonds is 28. The van der Waals surface area contributed by atoms with Crippen LogP contribution in [0.15, 0.2) is 49.1 Å². The number of ether oxygens (including phenoxy) is 3. The molecule has 11 heteroatoms. The summed E-state index contributed by atoms with van der Waals surface area (Å²) in [5.74, 6) is 1.31. The lowest BCUT2D eigenvalue weighted by atomic mass is 9.90. The van der Waals surface area contributed by atoms with E-state index in [0.717, 1.165) is 25.9 Å². The summed E-state index contributed by atoms with van der Waals surface area (Å²) in [6, 6.07) is 7.59. The zero-order valence-electron chi connectivity index (χ0n) is 28.8. The van der Waals surface area contributed by atoms with Crippen LogP contribution in [0, 0.1) is 10.8 Å². The highest BCUT2D eigenvalue weighted by Gasteiger charge is 2.35. The molecular formula is C36H62Br2N2O7. The minimum atomic E-state index is -1.06. The minimum absolute atomic E-state index is 0. The molecule has 0 atom stereocenters. The van der Waals surface area contributed by atoms with Gasteiger partial charge in [0, 0.05) is 25.0 Å². The first kappa shape index (κ1) is 45.7. The number of unbranched alkanes of at least 4 members (excludes halogenated alkanes) is 10. The van der Waals surface area contributed by atoms with Crippen LogP contribution in [0.1, 0.15) is 90.9 Å². The zero-order chi connectivity index (χ0) is 32.6. The predicted molar refractivity (Wildman–Crippen MR) is 175 cm³/mol. The Labute approximate surface area is 304 Å². The van der Waals surface area contributed by atoms with E-state index in [1.807, 2.05) is 49.1 Å². The summed E-state index contributed by atoms with van der Waals surface area (Å²) in [7, 11) is 0. The van der Waals surface area contributed by atoms with Crippen molar-refractivity contribution < 1.29 is 77.7 Å². The van der Waals surface area contributed by atoms with Crippen LogP contribution in [-0.4, -0.2) is 73.3 Å². The molecule has 47 heavy (non-hydrogen) atoms. The van der Waals surface area contributed by atoms with Gasteiger partial charge in [0.05, 0.1) is 50.5 Å². The highest BCUT2D eigenvalue weighted by atomic mass is 79.9. The van der Waals surface area contributed by atoms with Gasteiger partial charge in [-0.2, -0.15) is 0 Å². The molecule has 272 valence electrons. The Balaban J connectivity index is 0.0000106. The molecule has 0 aliphatic rings. The van der Waals surface area contributed by atoms with Crippen LogP contribution >= 0.6 is 0 Å². The SMILES string of the molecule is CCCCCCCC[n+]1cccc(OCC(CO)(CO)COCC(CO)(CO)COc2ccc[n+](CCCCCCCC)c2)c1.[Br-].[Br-].